The Bertz CT molecular complexity index is 688. The molecule has 2 rings (SSSR count). The van der Waals surface area contributed by atoms with Crippen LogP contribution in [0, 0.1) is 10.1 Å². The highest BCUT2D eigenvalue weighted by Crippen LogP contribution is 2.32. The van der Waals surface area contributed by atoms with Crippen LogP contribution in [0.3, 0.4) is 0 Å². The third-order valence-electron chi connectivity index (χ3n) is 2.62. The Balaban J connectivity index is 2.69. The first-order valence-corrected chi connectivity index (χ1v) is 6.31. The number of aromatic nitrogens is 1. The summed E-state index contributed by atoms with van der Waals surface area (Å²) in [5.74, 6) is -0.570. The summed E-state index contributed by atoms with van der Waals surface area (Å²) in [6.07, 6.45) is 1.44. The fourth-order valence-electron chi connectivity index (χ4n) is 1.75. The molecular weight excluding hydrogens is 328 g/mol. The van der Waals surface area contributed by atoms with Crippen LogP contribution in [0.5, 0.6) is 0 Å². The van der Waals surface area contributed by atoms with Gasteiger partial charge in [-0.05, 0) is 22.0 Å². The van der Waals surface area contributed by atoms with Crippen molar-refractivity contribution in [1.29, 1.82) is 0 Å². The minimum Gasteiger partial charge on any atom is -0.465 e. The Hall–Kier alpha value is -2.28. The molecule has 7 heteroatoms. The van der Waals surface area contributed by atoms with Crippen LogP contribution in [0.4, 0.5) is 5.69 Å². The van der Waals surface area contributed by atoms with Crippen molar-refractivity contribution < 1.29 is 14.5 Å². The first kappa shape index (κ1) is 14.1. The second kappa shape index (κ2) is 5.79. The summed E-state index contributed by atoms with van der Waals surface area (Å²) >= 11 is 3.14. The molecule has 0 unspecified atom stereocenters. The highest BCUT2D eigenvalue weighted by atomic mass is 79.9. The Morgan fingerprint density at radius 3 is 2.75 bits per heavy atom. The first-order valence-electron chi connectivity index (χ1n) is 5.52. The molecule has 20 heavy (non-hydrogen) atoms. The normalized spacial score (nSPS) is 10.1. The molecule has 1 aromatic heterocycles. The van der Waals surface area contributed by atoms with Crippen molar-refractivity contribution in [2.24, 2.45) is 0 Å². The van der Waals surface area contributed by atoms with E-state index in [0.29, 0.717) is 10.0 Å². The number of halogens is 1. The predicted octanol–water partition coefficient (Wildman–Crippen LogP) is 3.21. The van der Waals surface area contributed by atoms with E-state index in [1.54, 1.807) is 18.2 Å². The summed E-state index contributed by atoms with van der Waals surface area (Å²) in [4.78, 5) is 26.4. The Morgan fingerprint density at radius 2 is 2.10 bits per heavy atom. The van der Waals surface area contributed by atoms with Crippen LogP contribution >= 0.6 is 15.9 Å². The van der Waals surface area contributed by atoms with Crippen LogP contribution in [0.25, 0.3) is 11.3 Å². The number of esters is 1. The van der Waals surface area contributed by atoms with Crippen molar-refractivity contribution >= 4 is 27.6 Å². The van der Waals surface area contributed by atoms with Crippen LogP contribution in [0.1, 0.15) is 10.4 Å². The van der Waals surface area contributed by atoms with E-state index in [9.17, 15) is 14.9 Å². The maximum Gasteiger partial charge on any atom is 0.338 e. The predicted molar refractivity (Wildman–Crippen MR) is 75.4 cm³/mol. The molecule has 2 aromatic rings. The van der Waals surface area contributed by atoms with E-state index < -0.39 is 10.9 Å². The first-order chi connectivity index (χ1) is 9.54. The average molecular weight is 337 g/mol. The lowest BCUT2D eigenvalue weighted by Gasteiger charge is -2.07. The number of carbonyl (C=O) groups excluding carboxylic acids is 1. The summed E-state index contributed by atoms with van der Waals surface area (Å²) in [5, 5.41) is 11.1. The summed E-state index contributed by atoms with van der Waals surface area (Å²) in [6, 6.07) is 7.80. The SMILES string of the molecule is COC(=O)c1ccccc1-c1ncc(Br)cc1[N+](=O)[O-]. The van der Waals surface area contributed by atoms with Gasteiger partial charge in [0.1, 0.15) is 5.69 Å². The van der Waals surface area contributed by atoms with Gasteiger partial charge in [0.2, 0.25) is 0 Å². The number of hydrogen-bond acceptors (Lipinski definition) is 5. The molecule has 0 radical (unpaired) electrons. The van der Waals surface area contributed by atoms with E-state index in [4.69, 9.17) is 0 Å². The van der Waals surface area contributed by atoms with Crippen LogP contribution < -0.4 is 0 Å². The van der Waals surface area contributed by atoms with Gasteiger partial charge in [-0.3, -0.25) is 10.1 Å². The lowest BCUT2D eigenvalue weighted by atomic mass is 10.0. The van der Waals surface area contributed by atoms with Gasteiger partial charge in [0.15, 0.2) is 0 Å². The van der Waals surface area contributed by atoms with Crippen LogP contribution in [0.2, 0.25) is 0 Å². The molecular formula is C13H9BrN2O4. The quantitative estimate of drug-likeness (QED) is 0.488. The van der Waals surface area contributed by atoms with Crippen LogP contribution in [-0.2, 0) is 4.74 Å². The molecule has 1 heterocycles. The maximum atomic E-state index is 11.7. The van der Waals surface area contributed by atoms with Gasteiger partial charge in [0, 0.05) is 22.3 Å². The molecule has 0 saturated carbocycles. The zero-order valence-corrected chi connectivity index (χ0v) is 12.0. The van der Waals surface area contributed by atoms with Crippen molar-refractivity contribution in [2.75, 3.05) is 7.11 Å². The van der Waals surface area contributed by atoms with E-state index in [1.807, 2.05) is 0 Å². The van der Waals surface area contributed by atoms with Gasteiger partial charge in [-0.25, -0.2) is 9.78 Å². The van der Waals surface area contributed by atoms with Crippen molar-refractivity contribution in [2.45, 2.75) is 0 Å². The number of benzene rings is 1. The number of ether oxygens (including phenoxy) is 1. The van der Waals surface area contributed by atoms with Gasteiger partial charge in [-0.1, -0.05) is 18.2 Å². The second-order valence-electron chi connectivity index (χ2n) is 3.82. The average Bonchev–Trinajstić information content (AvgIpc) is 2.46. The van der Waals surface area contributed by atoms with Gasteiger partial charge in [0.25, 0.3) is 5.69 Å². The van der Waals surface area contributed by atoms with E-state index >= 15 is 0 Å². The number of nitro groups is 1. The molecule has 1 aromatic carbocycles. The van der Waals surface area contributed by atoms with E-state index in [-0.39, 0.29) is 16.9 Å². The molecule has 0 saturated heterocycles. The van der Waals surface area contributed by atoms with Gasteiger partial charge in [-0.15, -0.1) is 0 Å². The van der Waals surface area contributed by atoms with E-state index in [1.165, 1.54) is 25.4 Å². The van der Waals surface area contributed by atoms with Crippen molar-refractivity contribution in [1.82, 2.24) is 4.98 Å². The molecule has 0 aliphatic carbocycles. The summed E-state index contributed by atoms with van der Waals surface area (Å²) in [6.45, 7) is 0. The van der Waals surface area contributed by atoms with Gasteiger partial charge < -0.3 is 4.74 Å². The molecule has 0 aliphatic heterocycles. The molecule has 0 spiro atoms. The second-order valence-corrected chi connectivity index (χ2v) is 4.73. The zero-order chi connectivity index (χ0) is 14.7. The maximum absolute atomic E-state index is 11.7. The minimum absolute atomic E-state index is 0.124. The van der Waals surface area contributed by atoms with Crippen LogP contribution in [-0.4, -0.2) is 23.0 Å². The largest absolute Gasteiger partial charge is 0.465 e. The number of rotatable bonds is 3. The number of pyridine rings is 1. The summed E-state index contributed by atoms with van der Waals surface area (Å²) in [7, 11) is 1.25. The molecule has 0 bridgehead atoms. The third kappa shape index (κ3) is 2.67. The fourth-order valence-corrected chi connectivity index (χ4v) is 2.07. The summed E-state index contributed by atoms with van der Waals surface area (Å²) < 4.78 is 5.17. The molecule has 0 amide bonds. The van der Waals surface area contributed by atoms with Gasteiger partial charge in [-0.2, -0.15) is 0 Å². The lowest BCUT2D eigenvalue weighted by molar-refractivity contribution is -0.384. The molecule has 0 fully saturated rings. The molecule has 0 atom stereocenters. The Labute approximate surface area is 122 Å². The number of nitrogens with zero attached hydrogens (tertiary/aromatic N) is 2. The number of hydrogen-bond donors (Lipinski definition) is 0. The standard InChI is InChI=1S/C13H9BrN2O4/c1-20-13(17)10-5-3-2-4-9(10)12-11(16(18)19)6-8(14)7-15-12/h2-7H,1H3. The van der Waals surface area contributed by atoms with E-state index in [0.717, 1.165) is 0 Å². The molecule has 6 nitrogen and oxygen atoms in total. The van der Waals surface area contributed by atoms with Crippen LogP contribution in [0.15, 0.2) is 41.0 Å². The number of carbonyl (C=O) groups is 1. The van der Waals surface area contributed by atoms with Gasteiger partial charge in [0.05, 0.1) is 17.6 Å². The molecule has 0 aliphatic rings. The number of methoxy groups -OCH3 is 1. The van der Waals surface area contributed by atoms with Crippen molar-refractivity contribution in [3.05, 3.63) is 56.7 Å². The van der Waals surface area contributed by atoms with Gasteiger partial charge >= 0.3 is 5.97 Å². The highest BCUT2D eigenvalue weighted by molar-refractivity contribution is 9.10. The zero-order valence-electron chi connectivity index (χ0n) is 10.4. The fraction of sp³-hybridized carbons (Fsp3) is 0.0769. The molecule has 102 valence electrons. The van der Waals surface area contributed by atoms with E-state index in [2.05, 4.69) is 25.7 Å². The lowest BCUT2D eigenvalue weighted by Crippen LogP contribution is -2.05. The van der Waals surface area contributed by atoms with Crippen molar-refractivity contribution in [3.63, 3.8) is 0 Å². The third-order valence-corrected chi connectivity index (χ3v) is 3.05. The Morgan fingerprint density at radius 1 is 1.40 bits per heavy atom. The van der Waals surface area contributed by atoms with Crippen molar-refractivity contribution in [3.8, 4) is 11.3 Å². The Kier molecular flexibility index (Phi) is 4.09. The minimum atomic E-state index is -0.570. The summed E-state index contributed by atoms with van der Waals surface area (Å²) in [5.41, 5.74) is 0.529. The highest BCUT2D eigenvalue weighted by Gasteiger charge is 2.22. The topological polar surface area (TPSA) is 82.3 Å². The molecule has 0 N–H and O–H groups in total. The smallest absolute Gasteiger partial charge is 0.338 e. The monoisotopic (exact) mass is 336 g/mol.